The van der Waals surface area contributed by atoms with E-state index in [9.17, 15) is 0 Å². The lowest BCUT2D eigenvalue weighted by Crippen LogP contribution is -2.40. The molecule has 2 rings (SSSR count). The van der Waals surface area contributed by atoms with Gasteiger partial charge < -0.3 is 15.1 Å². The quantitative estimate of drug-likeness (QED) is 0.841. The van der Waals surface area contributed by atoms with Crippen molar-refractivity contribution in [2.24, 2.45) is 0 Å². The molecule has 3 nitrogen and oxygen atoms in total. The van der Waals surface area contributed by atoms with Crippen LogP contribution in [-0.4, -0.2) is 44.2 Å². The number of anilines is 2. The van der Waals surface area contributed by atoms with Crippen molar-refractivity contribution in [3.8, 4) is 0 Å². The zero-order valence-electron chi connectivity index (χ0n) is 10.9. The Morgan fingerprint density at radius 1 is 1.24 bits per heavy atom. The van der Waals surface area contributed by atoms with Gasteiger partial charge in [0.1, 0.15) is 0 Å². The highest BCUT2D eigenvalue weighted by molar-refractivity contribution is 5.71. The van der Waals surface area contributed by atoms with Crippen LogP contribution in [0.3, 0.4) is 0 Å². The number of rotatable bonds is 5. The van der Waals surface area contributed by atoms with Gasteiger partial charge in [0, 0.05) is 26.2 Å². The molecule has 0 saturated heterocycles. The lowest BCUT2D eigenvalue weighted by molar-refractivity contribution is 0.309. The van der Waals surface area contributed by atoms with Crippen LogP contribution in [0.4, 0.5) is 11.4 Å². The molecule has 1 N–H and O–H groups in total. The predicted molar refractivity (Wildman–Crippen MR) is 74.9 cm³/mol. The van der Waals surface area contributed by atoms with Gasteiger partial charge in [-0.25, -0.2) is 0 Å². The van der Waals surface area contributed by atoms with E-state index < -0.39 is 0 Å². The summed E-state index contributed by atoms with van der Waals surface area (Å²) in [5, 5.41) is 3.45. The lowest BCUT2D eigenvalue weighted by Gasteiger charge is -2.33. The predicted octanol–water partition coefficient (Wildman–Crippen LogP) is 2.26. The maximum Gasteiger partial charge on any atom is 0.0603 e. The molecule has 0 radical (unpaired) electrons. The molecule has 0 spiro atoms. The minimum atomic E-state index is 1.05. The molecule has 1 heterocycles. The Labute approximate surface area is 104 Å². The minimum Gasteiger partial charge on any atom is -0.382 e. The fourth-order valence-corrected chi connectivity index (χ4v) is 2.38. The third-order valence-corrected chi connectivity index (χ3v) is 3.52. The fraction of sp³-hybridized carbons (Fsp3) is 0.571. The maximum absolute atomic E-state index is 3.45. The summed E-state index contributed by atoms with van der Waals surface area (Å²) >= 11 is 0. The Bertz CT molecular complexity index is 347. The molecule has 0 amide bonds. The van der Waals surface area contributed by atoms with Gasteiger partial charge >= 0.3 is 0 Å². The minimum absolute atomic E-state index is 1.05. The monoisotopic (exact) mass is 233 g/mol. The van der Waals surface area contributed by atoms with Gasteiger partial charge in [0.25, 0.3) is 0 Å². The normalized spacial score (nSPS) is 14.6. The third kappa shape index (κ3) is 2.91. The molecule has 94 valence electrons. The van der Waals surface area contributed by atoms with Gasteiger partial charge in [-0.1, -0.05) is 26.0 Å². The van der Waals surface area contributed by atoms with Gasteiger partial charge in [0.05, 0.1) is 11.4 Å². The number of nitrogens with zero attached hydrogens (tertiary/aromatic N) is 2. The van der Waals surface area contributed by atoms with Crippen LogP contribution < -0.4 is 10.2 Å². The van der Waals surface area contributed by atoms with E-state index in [0.29, 0.717) is 0 Å². The van der Waals surface area contributed by atoms with E-state index in [1.54, 1.807) is 0 Å². The summed E-state index contributed by atoms with van der Waals surface area (Å²) in [5.41, 5.74) is 2.63. The first-order valence-electron chi connectivity index (χ1n) is 6.65. The molecule has 17 heavy (non-hydrogen) atoms. The molecule has 0 saturated carbocycles. The number of hydrogen-bond acceptors (Lipinski definition) is 3. The molecular formula is C14H23N3. The summed E-state index contributed by atoms with van der Waals surface area (Å²) in [4.78, 5) is 4.97. The van der Waals surface area contributed by atoms with E-state index in [0.717, 1.165) is 39.3 Å². The van der Waals surface area contributed by atoms with Gasteiger partial charge in [-0.15, -0.1) is 0 Å². The average Bonchev–Trinajstić information content (AvgIpc) is 2.40. The van der Waals surface area contributed by atoms with Crippen LogP contribution in [-0.2, 0) is 0 Å². The first kappa shape index (κ1) is 12.2. The zero-order valence-corrected chi connectivity index (χ0v) is 10.9. The van der Waals surface area contributed by atoms with Gasteiger partial charge in [0.2, 0.25) is 0 Å². The van der Waals surface area contributed by atoms with Crippen molar-refractivity contribution in [1.29, 1.82) is 0 Å². The standard InChI is InChI=1S/C14H23N3/c1-3-16(4-2)11-12-17-10-9-15-13-7-5-6-8-14(13)17/h5-8,15H,3-4,9-12H2,1-2H3. The van der Waals surface area contributed by atoms with Crippen LogP contribution >= 0.6 is 0 Å². The number of fused-ring (bicyclic) bond motifs is 1. The van der Waals surface area contributed by atoms with E-state index >= 15 is 0 Å². The molecule has 1 aromatic rings. The van der Waals surface area contributed by atoms with Crippen molar-refractivity contribution in [1.82, 2.24) is 4.90 Å². The van der Waals surface area contributed by atoms with Crippen molar-refractivity contribution < 1.29 is 0 Å². The van der Waals surface area contributed by atoms with Crippen LogP contribution in [0.25, 0.3) is 0 Å². The first-order chi connectivity index (χ1) is 8.35. The highest BCUT2D eigenvalue weighted by atomic mass is 15.2. The summed E-state index contributed by atoms with van der Waals surface area (Å²) in [5.74, 6) is 0. The molecule has 0 fully saturated rings. The lowest BCUT2D eigenvalue weighted by atomic mass is 10.2. The largest absolute Gasteiger partial charge is 0.382 e. The number of nitrogens with one attached hydrogen (secondary N) is 1. The molecule has 0 unspecified atom stereocenters. The van der Waals surface area contributed by atoms with Gasteiger partial charge in [-0.3, -0.25) is 0 Å². The van der Waals surface area contributed by atoms with Gasteiger partial charge in [-0.05, 0) is 25.2 Å². The first-order valence-corrected chi connectivity index (χ1v) is 6.65. The summed E-state index contributed by atoms with van der Waals surface area (Å²) in [6, 6.07) is 8.60. The summed E-state index contributed by atoms with van der Waals surface area (Å²) in [6.45, 7) is 11.2. The zero-order chi connectivity index (χ0) is 12.1. The number of para-hydroxylation sites is 2. The molecule has 0 aliphatic carbocycles. The molecule has 0 bridgehead atoms. The second-order valence-corrected chi connectivity index (χ2v) is 4.46. The maximum atomic E-state index is 3.45. The Morgan fingerprint density at radius 2 is 2.00 bits per heavy atom. The van der Waals surface area contributed by atoms with Crippen molar-refractivity contribution in [3.05, 3.63) is 24.3 Å². The second kappa shape index (κ2) is 5.92. The van der Waals surface area contributed by atoms with Crippen LogP contribution in [0.1, 0.15) is 13.8 Å². The summed E-state index contributed by atoms with van der Waals surface area (Å²) in [6.07, 6.45) is 0. The van der Waals surface area contributed by atoms with E-state index in [1.807, 2.05) is 0 Å². The van der Waals surface area contributed by atoms with E-state index in [4.69, 9.17) is 0 Å². The van der Waals surface area contributed by atoms with Crippen molar-refractivity contribution in [2.45, 2.75) is 13.8 Å². The van der Waals surface area contributed by atoms with E-state index in [1.165, 1.54) is 11.4 Å². The second-order valence-electron chi connectivity index (χ2n) is 4.46. The fourth-order valence-electron chi connectivity index (χ4n) is 2.38. The van der Waals surface area contributed by atoms with Crippen LogP contribution in [0.2, 0.25) is 0 Å². The molecule has 0 atom stereocenters. The van der Waals surface area contributed by atoms with Crippen molar-refractivity contribution >= 4 is 11.4 Å². The average molecular weight is 233 g/mol. The Morgan fingerprint density at radius 3 is 2.76 bits per heavy atom. The summed E-state index contributed by atoms with van der Waals surface area (Å²) in [7, 11) is 0. The van der Waals surface area contributed by atoms with E-state index in [-0.39, 0.29) is 0 Å². The summed E-state index contributed by atoms with van der Waals surface area (Å²) < 4.78 is 0. The number of likely N-dealkylation sites (N-methyl/N-ethyl adjacent to an activating group) is 1. The number of benzene rings is 1. The SMILES string of the molecule is CCN(CC)CCN1CCNc2ccccc21. The smallest absolute Gasteiger partial charge is 0.0603 e. The van der Waals surface area contributed by atoms with Crippen LogP contribution in [0.15, 0.2) is 24.3 Å². The molecule has 1 aliphatic rings. The Balaban J connectivity index is 1.99. The highest BCUT2D eigenvalue weighted by Crippen LogP contribution is 2.27. The molecule has 0 aromatic heterocycles. The molecule has 3 heteroatoms. The van der Waals surface area contributed by atoms with Crippen molar-refractivity contribution in [3.63, 3.8) is 0 Å². The van der Waals surface area contributed by atoms with Crippen LogP contribution in [0.5, 0.6) is 0 Å². The Kier molecular flexibility index (Phi) is 4.26. The molecule has 1 aliphatic heterocycles. The molecular weight excluding hydrogens is 210 g/mol. The van der Waals surface area contributed by atoms with Gasteiger partial charge in [-0.2, -0.15) is 0 Å². The number of hydrogen-bond donors (Lipinski definition) is 1. The van der Waals surface area contributed by atoms with Crippen molar-refractivity contribution in [2.75, 3.05) is 49.5 Å². The van der Waals surface area contributed by atoms with Gasteiger partial charge in [0.15, 0.2) is 0 Å². The molecule has 1 aromatic carbocycles. The Hall–Kier alpha value is -1.22. The van der Waals surface area contributed by atoms with E-state index in [2.05, 4.69) is 53.2 Å². The third-order valence-electron chi connectivity index (χ3n) is 3.52. The highest BCUT2D eigenvalue weighted by Gasteiger charge is 2.15. The van der Waals surface area contributed by atoms with Crippen LogP contribution in [0, 0.1) is 0 Å². The topological polar surface area (TPSA) is 18.5 Å².